The molecule has 0 unspecified atom stereocenters. The lowest BCUT2D eigenvalue weighted by molar-refractivity contribution is -0.130. The van der Waals surface area contributed by atoms with E-state index in [9.17, 15) is 4.79 Å². The van der Waals surface area contributed by atoms with Gasteiger partial charge in [0.2, 0.25) is 5.91 Å². The van der Waals surface area contributed by atoms with Crippen LogP contribution in [0.25, 0.3) is 0 Å². The average Bonchev–Trinajstić information content (AvgIpc) is 2.55. The van der Waals surface area contributed by atoms with E-state index in [1.807, 2.05) is 6.92 Å². The second kappa shape index (κ2) is 3.90. The van der Waals surface area contributed by atoms with E-state index in [-0.39, 0.29) is 5.91 Å². The van der Waals surface area contributed by atoms with Gasteiger partial charge < -0.3 is 9.88 Å². The summed E-state index contributed by atoms with van der Waals surface area (Å²) in [6.07, 6.45) is 3.97. The molecule has 1 aromatic rings. The van der Waals surface area contributed by atoms with Crippen LogP contribution in [0, 0.1) is 0 Å². The molecule has 0 bridgehead atoms. The number of nitrogens with zero attached hydrogens (tertiary/aromatic N) is 2. The van der Waals surface area contributed by atoms with Crippen LogP contribution in [0.3, 0.4) is 0 Å². The van der Waals surface area contributed by atoms with Crippen LogP contribution in [0.15, 0.2) is 12.4 Å². The Kier molecular flexibility index (Phi) is 2.85. The molecule has 0 aromatic carbocycles. The normalized spacial score (nSPS) is 9.83. The van der Waals surface area contributed by atoms with E-state index in [0.29, 0.717) is 13.0 Å². The molecular weight excluding hydrogens is 154 g/mol. The van der Waals surface area contributed by atoms with Crippen molar-refractivity contribution in [3.63, 3.8) is 0 Å². The first-order valence-corrected chi connectivity index (χ1v) is 3.96. The maximum absolute atomic E-state index is 11.1. The molecule has 0 fully saturated rings. The molecule has 0 aliphatic carbocycles. The number of carbonyl (C=O) groups is 1. The molecule has 0 saturated heterocycles. The van der Waals surface area contributed by atoms with Crippen LogP contribution in [0.5, 0.6) is 0 Å². The lowest BCUT2D eigenvalue weighted by Crippen LogP contribution is -2.25. The first-order chi connectivity index (χ1) is 5.74. The minimum atomic E-state index is 0.131. The summed E-state index contributed by atoms with van der Waals surface area (Å²) in [7, 11) is 1.77. The van der Waals surface area contributed by atoms with E-state index in [1.165, 1.54) is 0 Å². The Morgan fingerprint density at radius 3 is 3.00 bits per heavy atom. The van der Waals surface area contributed by atoms with Crippen LogP contribution < -0.4 is 0 Å². The maximum Gasteiger partial charge on any atom is 0.222 e. The van der Waals surface area contributed by atoms with Gasteiger partial charge in [0.1, 0.15) is 5.82 Å². The zero-order chi connectivity index (χ0) is 8.97. The van der Waals surface area contributed by atoms with Crippen LogP contribution in [-0.2, 0) is 11.3 Å². The van der Waals surface area contributed by atoms with Gasteiger partial charge in [-0.05, 0) is 0 Å². The fourth-order valence-electron chi connectivity index (χ4n) is 0.967. The number of hydrogen-bond acceptors (Lipinski definition) is 2. The Morgan fingerprint density at radius 2 is 2.50 bits per heavy atom. The first kappa shape index (κ1) is 8.77. The lowest BCUT2D eigenvalue weighted by atomic mass is 10.4. The summed E-state index contributed by atoms with van der Waals surface area (Å²) in [5, 5.41) is 0. The fraction of sp³-hybridized carbons (Fsp3) is 0.500. The topological polar surface area (TPSA) is 49.0 Å². The van der Waals surface area contributed by atoms with Crippen LogP contribution in [0.2, 0.25) is 0 Å². The van der Waals surface area contributed by atoms with Gasteiger partial charge in [0.05, 0.1) is 6.54 Å². The number of carbonyl (C=O) groups excluding carboxylic acids is 1. The van der Waals surface area contributed by atoms with E-state index in [2.05, 4.69) is 9.97 Å². The van der Waals surface area contributed by atoms with Gasteiger partial charge in [-0.3, -0.25) is 4.79 Å². The van der Waals surface area contributed by atoms with Gasteiger partial charge in [-0.15, -0.1) is 0 Å². The third kappa shape index (κ3) is 2.08. The van der Waals surface area contributed by atoms with Gasteiger partial charge in [0.15, 0.2) is 0 Å². The minimum absolute atomic E-state index is 0.131. The number of imidazole rings is 1. The third-order valence-electron chi connectivity index (χ3n) is 1.67. The lowest BCUT2D eigenvalue weighted by Gasteiger charge is -2.13. The van der Waals surface area contributed by atoms with Crippen LogP contribution >= 0.6 is 0 Å². The number of rotatable bonds is 3. The molecule has 0 spiro atoms. The van der Waals surface area contributed by atoms with Gasteiger partial charge in [0, 0.05) is 25.9 Å². The first-order valence-electron chi connectivity index (χ1n) is 3.96. The summed E-state index contributed by atoms with van der Waals surface area (Å²) < 4.78 is 0. The van der Waals surface area contributed by atoms with Crippen molar-refractivity contribution in [2.24, 2.45) is 0 Å². The highest BCUT2D eigenvalue weighted by Gasteiger charge is 2.06. The van der Waals surface area contributed by atoms with E-state index < -0.39 is 0 Å². The van der Waals surface area contributed by atoms with E-state index in [0.717, 1.165) is 5.82 Å². The van der Waals surface area contributed by atoms with Gasteiger partial charge >= 0.3 is 0 Å². The molecular formula is C8H13N3O. The quantitative estimate of drug-likeness (QED) is 0.723. The van der Waals surface area contributed by atoms with Gasteiger partial charge in [0.25, 0.3) is 0 Å². The highest BCUT2D eigenvalue weighted by Crippen LogP contribution is 1.97. The summed E-state index contributed by atoms with van der Waals surface area (Å²) in [4.78, 5) is 19.7. The number of amides is 1. The SMILES string of the molecule is CCC(=O)N(C)Cc1ncc[nH]1. The molecule has 12 heavy (non-hydrogen) atoms. The molecule has 66 valence electrons. The Labute approximate surface area is 71.6 Å². The van der Waals surface area contributed by atoms with Crippen LogP contribution in [-0.4, -0.2) is 27.8 Å². The number of hydrogen-bond donors (Lipinski definition) is 1. The highest BCUT2D eigenvalue weighted by atomic mass is 16.2. The third-order valence-corrected chi connectivity index (χ3v) is 1.67. The molecule has 1 heterocycles. The zero-order valence-electron chi connectivity index (χ0n) is 7.37. The van der Waals surface area contributed by atoms with Crippen LogP contribution in [0.1, 0.15) is 19.2 Å². The Morgan fingerprint density at radius 1 is 1.75 bits per heavy atom. The minimum Gasteiger partial charge on any atom is -0.347 e. The van der Waals surface area contributed by atoms with Crippen molar-refractivity contribution in [1.29, 1.82) is 0 Å². The Bertz CT molecular complexity index is 243. The van der Waals surface area contributed by atoms with Crippen molar-refractivity contribution in [3.05, 3.63) is 18.2 Å². The summed E-state index contributed by atoms with van der Waals surface area (Å²) >= 11 is 0. The summed E-state index contributed by atoms with van der Waals surface area (Å²) in [6.45, 7) is 2.40. The van der Waals surface area contributed by atoms with Crippen molar-refractivity contribution >= 4 is 5.91 Å². The average molecular weight is 167 g/mol. The molecule has 1 N–H and O–H groups in total. The summed E-state index contributed by atoms with van der Waals surface area (Å²) in [6, 6.07) is 0. The van der Waals surface area contributed by atoms with Crippen molar-refractivity contribution in [3.8, 4) is 0 Å². The van der Waals surface area contributed by atoms with E-state index >= 15 is 0 Å². The molecule has 0 radical (unpaired) electrons. The second-order valence-electron chi connectivity index (χ2n) is 2.64. The van der Waals surface area contributed by atoms with Crippen molar-refractivity contribution in [1.82, 2.24) is 14.9 Å². The molecule has 1 aromatic heterocycles. The van der Waals surface area contributed by atoms with Gasteiger partial charge in [-0.25, -0.2) is 4.98 Å². The Balaban J connectivity index is 2.47. The number of aromatic amines is 1. The monoisotopic (exact) mass is 167 g/mol. The molecule has 1 amide bonds. The zero-order valence-corrected chi connectivity index (χ0v) is 7.37. The predicted octanol–water partition coefficient (Wildman–Crippen LogP) is 0.778. The highest BCUT2D eigenvalue weighted by molar-refractivity contribution is 5.75. The summed E-state index contributed by atoms with van der Waals surface area (Å²) in [5.41, 5.74) is 0. The van der Waals surface area contributed by atoms with Crippen LogP contribution in [0.4, 0.5) is 0 Å². The molecule has 4 nitrogen and oxygen atoms in total. The summed E-state index contributed by atoms with van der Waals surface area (Å²) in [5.74, 6) is 0.950. The largest absolute Gasteiger partial charge is 0.347 e. The maximum atomic E-state index is 11.1. The standard InChI is InChI=1S/C8H13N3O/c1-3-8(12)11(2)6-7-9-4-5-10-7/h4-5H,3,6H2,1-2H3,(H,9,10). The second-order valence-corrected chi connectivity index (χ2v) is 2.64. The number of nitrogens with one attached hydrogen (secondary N) is 1. The number of aromatic nitrogens is 2. The van der Waals surface area contributed by atoms with Crippen molar-refractivity contribution in [2.45, 2.75) is 19.9 Å². The van der Waals surface area contributed by atoms with Gasteiger partial charge in [-0.1, -0.05) is 6.92 Å². The Hall–Kier alpha value is -1.32. The molecule has 4 heteroatoms. The van der Waals surface area contributed by atoms with Crippen molar-refractivity contribution in [2.75, 3.05) is 7.05 Å². The number of H-pyrrole nitrogens is 1. The molecule has 1 rings (SSSR count). The van der Waals surface area contributed by atoms with E-state index in [1.54, 1.807) is 24.3 Å². The smallest absolute Gasteiger partial charge is 0.222 e. The predicted molar refractivity (Wildman–Crippen MR) is 45.4 cm³/mol. The molecule has 0 aliphatic rings. The molecule has 0 saturated carbocycles. The van der Waals surface area contributed by atoms with E-state index in [4.69, 9.17) is 0 Å². The van der Waals surface area contributed by atoms with Crippen molar-refractivity contribution < 1.29 is 4.79 Å². The fourth-order valence-corrected chi connectivity index (χ4v) is 0.967. The molecule has 0 atom stereocenters. The molecule has 0 aliphatic heterocycles. The van der Waals surface area contributed by atoms with Gasteiger partial charge in [-0.2, -0.15) is 0 Å².